The largest absolute Gasteiger partial charge is 0.434 e. The minimum atomic E-state index is -3.03. The number of para-hydroxylation sites is 3. The number of ether oxygens (including phenoxy) is 1. The average molecular weight is 438 g/mol. The van der Waals surface area contributed by atoms with Crippen LogP contribution in [0, 0.1) is 0 Å². The Morgan fingerprint density at radius 1 is 0.935 bits per heavy atom. The zero-order valence-corrected chi connectivity index (χ0v) is 16.9. The molecular weight excluding hydrogens is 422 g/mol. The molecule has 0 spiro atoms. The van der Waals surface area contributed by atoms with Gasteiger partial charge in [-0.05, 0) is 36.4 Å². The highest BCUT2D eigenvalue weighted by Gasteiger charge is 2.21. The lowest BCUT2D eigenvalue weighted by Gasteiger charge is -2.10. The molecule has 0 saturated heterocycles. The third-order valence-electron chi connectivity index (χ3n) is 4.49. The number of thioether (sulfide) groups is 1. The van der Waals surface area contributed by atoms with Crippen LogP contribution in [0.25, 0.3) is 11.0 Å². The molecule has 0 amide bonds. The van der Waals surface area contributed by atoms with E-state index in [9.17, 15) is 18.4 Å². The number of hydrogen-bond donors (Lipinski definition) is 0. The van der Waals surface area contributed by atoms with E-state index in [1.165, 1.54) is 22.8 Å². The molecule has 3 aromatic carbocycles. The van der Waals surface area contributed by atoms with Crippen molar-refractivity contribution in [3.05, 3.63) is 90.0 Å². The van der Waals surface area contributed by atoms with Crippen LogP contribution in [0.4, 0.5) is 8.78 Å². The monoisotopic (exact) mass is 438 g/mol. The van der Waals surface area contributed by atoms with E-state index in [1.807, 2.05) is 12.1 Å². The van der Waals surface area contributed by atoms with Gasteiger partial charge in [-0.3, -0.25) is 14.2 Å². The standard InChI is InChI=1S/C23H16F2N2O3S/c24-22(25)30-20-13-7-4-10-16(20)19(28)14-31-23-26-17-11-5-6-12-18(17)27(23)21(29)15-8-2-1-3-9-15/h1-13,22H,14H2. The van der Waals surface area contributed by atoms with Gasteiger partial charge in [-0.2, -0.15) is 8.78 Å². The van der Waals surface area contributed by atoms with Crippen LogP contribution < -0.4 is 4.74 Å². The van der Waals surface area contributed by atoms with E-state index in [4.69, 9.17) is 0 Å². The van der Waals surface area contributed by atoms with E-state index in [-0.39, 0.29) is 23.0 Å². The number of carbonyl (C=O) groups is 2. The highest BCUT2D eigenvalue weighted by Crippen LogP contribution is 2.28. The van der Waals surface area contributed by atoms with Crippen molar-refractivity contribution in [2.24, 2.45) is 0 Å². The summed E-state index contributed by atoms with van der Waals surface area (Å²) in [5, 5.41) is 0.343. The number of halogens is 2. The predicted molar refractivity (Wildman–Crippen MR) is 114 cm³/mol. The molecule has 0 bridgehead atoms. The van der Waals surface area contributed by atoms with E-state index in [0.717, 1.165) is 11.8 Å². The predicted octanol–water partition coefficient (Wildman–Crippen LogP) is 5.30. The molecule has 5 nitrogen and oxygen atoms in total. The Kier molecular flexibility index (Phi) is 6.08. The van der Waals surface area contributed by atoms with Crippen molar-refractivity contribution in [3.8, 4) is 5.75 Å². The zero-order valence-electron chi connectivity index (χ0n) is 16.1. The van der Waals surface area contributed by atoms with Crippen molar-refractivity contribution in [2.45, 2.75) is 11.8 Å². The molecule has 0 unspecified atom stereocenters. The molecule has 156 valence electrons. The Morgan fingerprint density at radius 2 is 1.61 bits per heavy atom. The van der Waals surface area contributed by atoms with Gasteiger partial charge in [0.1, 0.15) is 5.75 Å². The Bertz CT molecular complexity index is 1240. The van der Waals surface area contributed by atoms with E-state index in [0.29, 0.717) is 21.8 Å². The van der Waals surface area contributed by atoms with Gasteiger partial charge in [-0.25, -0.2) is 4.98 Å². The lowest BCUT2D eigenvalue weighted by molar-refractivity contribution is -0.0501. The van der Waals surface area contributed by atoms with Crippen molar-refractivity contribution in [1.82, 2.24) is 9.55 Å². The van der Waals surface area contributed by atoms with Crippen LogP contribution in [-0.2, 0) is 0 Å². The topological polar surface area (TPSA) is 61.2 Å². The van der Waals surface area contributed by atoms with Crippen molar-refractivity contribution < 1.29 is 23.1 Å². The average Bonchev–Trinajstić information content (AvgIpc) is 3.16. The van der Waals surface area contributed by atoms with Gasteiger partial charge in [0, 0.05) is 5.56 Å². The van der Waals surface area contributed by atoms with Gasteiger partial charge in [0.2, 0.25) is 0 Å². The lowest BCUT2D eigenvalue weighted by Crippen LogP contribution is -2.14. The van der Waals surface area contributed by atoms with Gasteiger partial charge in [0.15, 0.2) is 10.9 Å². The van der Waals surface area contributed by atoms with Crippen LogP contribution in [0.1, 0.15) is 20.7 Å². The number of imidazole rings is 1. The Morgan fingerprint density at radius 3 is 2.39 bits per heavy atom. The molecule has 0 aliphatic carbocycles. The molecule has 8 heteroatoms. The first-order chi connectivity index (χ1) is 15.0. The number of carbonyl (C=O) groups excluding carboxylic acids is 2. The first kappa shape index (κ1) is 20.7. The minimum absolute atomic E-state index is 0.0485. The van der Waals surface area contributed by atoms with Crippen LogP contribution in [-0.4, -0.2) is 33.6 Å². The highest BCUT2D eigenvalue weighted by atomic mass is 32.2. The summed E-state index contributed by atoms with van der Waals surface area (Å²) in [4.78, 5) is 30.4. The molecule has 1 aromatic heterocycles. The fourth-order valence-corrected chi connectivity index (χ4v) is 4.00. The van der Waals surface area contributed by atoms with E-state index < -0.39 is 12.4 Å². The molecule has 0 N–H and O–H groups in total. The summed E-state index contributed by atoms with van der Waals surface area (Å²) in [6, 6.07) is 21.8. The quantitative estimate of drug-likeness (QED) is 0.289. The summed E-state index contributed by atoms with van der Waals surface area (Å²) < 4.78 is 31.2. The zero-order chi connectivity index (χ0) is 21.8. The second-order valence-electron chi connectivity index (χ2n) is 6.48. The minimum Gasteiger partial charge on any atom is -0.434 e. The molecule has 0 radical (unpaired) electrons. The van der Waals surface area contributed by atoms with Gasteiger partial charge in [0.05, 0.1) is 22.3 Å². The summed E-state index contributed by atoms with van der Waals surface area (Å²) in [6.07, 6.45) is 0. The van der Waals surface area contributed by atoms with Gasteiger partial charge < -0.3 is 4.74 Å². The number of Topliss-reactive ketones (excluding diaryl/α,β-unsaturated/α-hetero) is 1. The van der Waals surface area contributed by atoms with Gasteiger partial charge in [-0.1, -0.05) is 54.2 Å². The number of ketones is 1. The van der Waals surface area contributed by atoms with Gasteiger partial charge in [-0.15, -0.1) is 0 Å². The van der Waals surface area contributed by atoms with Crippen molar-refractivity contribution in [1.29, 1.82) is 0 Å². The third kappa shape index (κ3) is 4.49. The molecule has 31 heavy (non-hydrogen) atoms. The molecule has 0 aliphatic heterocycles. The number of rotatable bonds is 7. The van der Waals surface area contributed by atoms with Crippen molar-refractivity contribution in [2.75, 3.05) is 5.75 Å². The van der Waals surface area contributed by atoms with Gasteiger partial charge >= 0.3 is 6.61 Å². The highest BCUT2D eigenvalue weighted by molar-refractivity contribution is 7.99. The maximum absolute atomic E-state index is 13.2. The molecule has 0 atom stereocenters. The lowest BCUT2D eigenvalue weighted by atomic mass is 10.1. The Labute approximate surface area is 180 Å². The fourth-order valence-electron chi connectivity index (χ4n) is 3.11. The summed E-state index contributed by atoms with van der Waals surface area (Å²) in [5.74, 6) is -0.968. The molecular formula is C23H16F2N2O3S. The van der Waals surface area contributed by atoms with E-state index in [1.54, 1.807) is 48.5 Å². The molecule has 0 fully saturated rings. The smallest absolute Gasteiger partial charge is 0.387 e. The maximum Gasteiger partial charge on any atom is 0.387 e. The summed E-state index contributed by atoms with van der Waals surface area (Å²) >= 11 is 1.06. The molecule has 4 rings (SSSR count). The third-order valence-corrected chi connectivity index (χ3v) is 5.43. The van der Waals surface area contributed by atoms with Crippen LogP contribution in [0.5, 0.6) is 5.75 Å². The van der Waals surface area contributed by atoms with Crippen molar-refractivity contribution >= 4 is 34.5 Å². The van der Waals surface area contributed by atoms with Crippen LogP contribution in [0.3, 0.4) is 0 Å². The Balaban J connectivity index is 1.64. The molecule has 4 aromatic rings. The van der Waals surface area contributed by atoms with Crippen LogP contribution in [0.2, 0.25) is 0 Å². The number of benzene rings is 3. The second-order valence-corrected chi connectivity index (χ2v) is 7.42. The number of alkyl halides is 2. The molecule has 0 saturated carbocycles. The maximum atomic E-state index is 13.2. The summed E-state index contributed by atoms with van der Waals surface area (Å²) in [5.41, 5.74) is 1.76. The van der Waals surface area contributed by atoms with Gasteiger partial charge in [0.25, 0.3) is 5.91 Å². The molecule has 0 aliphatic rings. The second kappa shape index (κ2) is 9.09. The van der Waals surface area contributed by atoms with Crippen molar-refractivity contribution in [3.63, 3.8) is 0 Å². The number of hydrogen-bond acceptors (Lipinski definition) is 5. The summed E-state index contributed by atoms with van der Waals surface area (Å²) in [7, 11) is 0. The number of aromatic nitrogens is 2. The first-order valence-electron chi connectivity index (χ1n) is 9.31. The fraction of sp³-hybridized carbons (Fsp3) is 0.0870. The molecule has 1 heterocycles. The number of nitrogens with zero attached hydrogens (tertiary/aromatic N) is 2. The van der Waals surface area contributed by atoms with Crippen LogP contribution in [0.15, 0.2) is 84.0 Å². The first-order valence-corrected chi connectivity index (χ1v) is 10.3. The Hall–Kier alpha value is -3.52. The summed E-state index contributed by atoms with van der Waals surface area (Å²) in [6.45, 7) is -3.03. The van der Waals surface area contributed by atoms with Crippen LogP contribution >= 0.6 is 11.8 Å². The SMILES string of the molecule is O=C(CSc1nc2ccccc2n1C(=O)c1ccccc1)c1ccccc1OC(F)F. The van der Waals surface area contributed by atoms with E-state index in [2.05, 4.69) is 9.72 Å². The number of fused-ring (bicyclic) bond motifs is 1. The normalized spacial score (nSPS) is 11.1. The van der Waals surface area contributed by atoms with E-state index >= 15 is 0 Å².